The van der Waals surface area contributed by atoms with Crippen LogP contribution in [0, 0.1) is 25.7 Å². The number of nitrogens with zero attached hydrogens (tertiary/aromatic N) is 2. The van der Waals surface area contributed by atoms with Crippen molar-refractivity contribution < 1.29 is 19.5 Å². The first-order chi connectivity index (χ1) is 19.2. The number of amides is 3. The molecule has 8 nitrogen and oxygen atoms in total. The highest BCUT2D eigenvalue weighted by Crippen LogP contribution is 2.37. The van der Waals surface area contributed by atoms with Gasteiger partial charge in [-0.05, 0) is 67.9 Å². The average molecular weight is 541 g/mol. The van der Waals surface area contributed by atoms with Crippen molar-refractivity contribution in [3.8, 4) is 5.75 Å². The minimum absolute atomic E-state index is 0.0869. The Morgan fingerprint density at radius 3 is 2.33 bits per heavy atom. The normalized spacial score (nSPS) is 20.6. The smallest absolute Gasteiger partial charge is 0.252 e. The Morgan fingerprint density at radius 2 is 1.70 bits per heavy atom. The van der Waals surface area contributed by atoms with Crippen molar-refractivity contribution >= 4 is 23.4 Å². The predicted octanol–water partition coefficient (Wildman–Crippen LogP) is 4.24. The number of aryl methyl sites for hydroxylation is 2. The van der Waals surface area contributed by atoms with Gasteiger partial charge in [0, 0.05) is 17.0 Å². The van der Waals surface area contributed by atoms with E-state index in [1.165, 1.54) is 22.1 Å². The van der Waals surface area contributed by atoms with Crippen LogP contribution >= 0.6 is 0 Å². The monoisotopic (exact) mass is 540 g/mol. The molecule has 208 valence electrons. The van der Waals surface area contributed by atoms with Gasteiger partial charge in [-0.2, -0.15) is 0 Å². The second-order valence-electron chi connectivity index (χ2n) is 11.0. The molecule has 1 unspecified atom stereocenters. The largest absolute Gasteiger partial charge is 0.506 e. The molecule has 40 heavy (non-hydrogen) atoms. The van der Waals surface area contributed by atoms with Crippen molar-refractivity contribution in [1.29, 1.82) is 0 Å². The van der Waals surface area contributed by atoms with Gasteiger partial charge in [0.05, 0.1) is 5.69 Å². The summed E-state index contributed by atoms with van der Waals surface area (Å²) in [5.74, 6) is -1.46. The zero-order chi connectivity index (χ0) is 28.6. The predicted molar refractivity (Wildman–Crippen MR) is 153 cm³/mol. The number of benzene rings is 2. The number of carbonyl (C=O) groups is 3. The van der Waals surface area contributed by atoms with Crippen LogP contribution < -0.4 is 10.6 Å². The van der Waals surface area contributed by atoms with Crippen molar-refractivity contribution in [2.75, 3.05) is 5.32 Å². The van der Waals surface area contributed by atoms with Gasteiger partial charge in [-0.3, -0.25) is 19.4 Å². The number of fused-ring (bicyclic) bond motifs is 1. The highest BCUT2D eigenvalue weighted by atomic mass is 16.3. The number of anilines is 1. The maximum absolute atomic E-state index is 14.5. The van der Waals surface area contributed by atoms with E-state index in [2.05, 4.69) is 27.8 Å². The third kappa shape index (κ3) is 5.06. The average Bonchev–Trinajstić information content (AvgIpc) is 3.36. The van der Waals surface area contributed by atoms with E-state index >= 15 is 0 Å². The molecule has 5 rings (SSSR count). The number of rotatable bonds is 7. The Bertz CT molecular complexity index is 1430. The minimum Gasteiger partial charge on any atom is -0.506 e. The second-order valence-corrected chi connectivity index (χ2v) is 11.0. The zero-order valence-corrected chi connectivity index (χ0v) is 23.3. The van der Waals surface area contributed by atoms with E-state index in [-0.39, 0.29) is 35.1 Å². The van der Waals surface area contributed by atoms with E-state index in [4.69, 9.17) is 0 Å². The molecular formula is C32H36N4O4. The molecule has 3 amide bonds. The lowest BCUT2D eigenvalue weighted by Gasteiger charge is -2.46. The van der Waals surface area contributed by atoms with Crippen LogP contribution in [0.5, 0.6) is 5.75 Å². The van der Waals surface area contributed by atoms with Gasteiger partial charge in [0.2, 0.25) is 11.8 Å². The highest BCUT2D eigenvalue weighted by Gasteiger charge is 2.51. The lowest BCUT2D eigenvalue weighted by molar-refractivity contribution is -0.158. The van der Waals surface area contributed by atoms with E-state index in [1.54, 1.807) is 37.3 Å². The van der Waals surface area contributed by atoms with Gasteiger partial charge in [0.15, 0.2) is 0 Å². The summed E-state index contributed by atoms with van der Waals surface area (Å²) in [4.78, 5) is 48.5. The van der Waals surface area contributed by atoms with Crippen LogP contribution in [0.4, 0.5) is 5.69 Å². The summed E-state index contributed by atoms with van der Waals surface area (Å²) in [6.45, 7) is 7.56. The Morgan fingerprint density at radius 1 is 1.05 bits per heavy atom. The molecule has 3 N–H and O–H groups in total. The summed E-state index contributed by atoms with van der Waals surface area (Å²) >= 11 is 0. The van der Waals surface area contributed by atoms with Crippen LogP contribution in [0.3, 0.4) is 0 Å². The molecule has 1 aliphatic heterocycles. The Kier molecular flexibility index (Phi) is 7.61. The number of pyridine rings is 1. The molecule has 8 heteroatoms. The van der Waals surface area contributed by atoms with Crippen LogP contribution in [-0.2, 0) is 27.2 Å². The number of hydrogen-bond donors (Lipinski definition) is 3. The maximum atomic E-state index is 14.5. The SMILES string of the molecule is CC[C@H](C)[C@@H]1C(=O)N[C@H](C2Cc3ccccc3C2)C(=O)N1C(C(=O)Nc1ccccc1O)c1ccc(C)nc1C. The number of para-hydroxylation sites is 2. The molecule has 2 aliphatic rings. The van der Waals surface area contributed by atoms with Crippen molar-refractivity contribution in [3.63, 3.8) is 0 Å². The lowest BCUT2D eigenvalue weighted by Crippen LogP contribution is -2.68. The van der Waals surface area contributed by atoms with Crippen LogP contribution in [0.15, 0.2) is 60.7 Å². The maximum Gasteiger partial charge on any atom is 0.252 e. The van der Waals surface area contributed by atoms with Gasteiger partial charge < -0.3 is 20.6 Å². The summed E-state index contributed by atoms with van der Waals surface area (Å²) in [5.41, 5.74) is 4.51. The van der Waals surface area contributed by atoms with E-state index in [0.717, 1.165) is 5.69 Å². The number of aromatic nitrogens is 1. The fraction of sp³-hybridized carbons (Fsp3) is 0.375. The van der Waals surface area contributed by atoms with Gasteiger partial charge in [0.1, 0.15) is 23.9 Å². The number of phenols is 1. The molecule has 1 aromatic heterocycles. The first kappa shape index (κ1) is 27.4. The highest BCUT2D eigenvalue weighted by molar-refractivity contribution is 6.03. The summed E-state index contributed by atoms with van der Waals surface area (Å²) in [6.07, 6.45) is 1.99. The Balaban J connectivity index is 1.60. The minimum atomic E-state index is -1.13. The summed E-state index contributed by atoms with van der Waals surface area (Å²) in [5, 5.41) is 16.3. The molecule has 0 saturated carbocycles. The molecule has 0 radical (unpaired) electrons. The quantitative estimate of drug-likeness (QED) is 0.388. The van der Waals surface area contributed by atoms with E-state index in [9.17, 15) is 19.5 Å². The number of nitrogens with one attached hydrogen (secondary N) is 2. The van der Waals surface area contributed by atoms with Crippen LogP contribution in [0.1, 0.15) is 54.4 Å². The third-order valence-electron chi connectivity index (χ3n) is 8.37. The molecule has 3 aromatic rings. The number of phenolic OH excluding ortho intramolecular Hbond substituents is 1. The third-order valence-corrected chi connectivity index (χ3v) is 8.37. The van der Waals surface area contributed by atoms with E-state index in [0.29, 0.717) is 30.5 Å². The van der Waals surface area contributed by atoms with Gasteiger partial charge in [-0.15, -0.1) is 0 Å². The standard InChI is InChI=1S/C32H36N4O4/c1-5-18(2)28-30(38)35-27(23-16-21-10-6-7-11-22(21)17-23)32(40)36(28)29(24-15-14-19(3)33-20(24)4)31(39)34-25-12-8-9-13-26(25)37/h6-15,18,23,27-29,37H,5,16-17H2,1-4H3,(H,34,39)(H,35,38)/t18-,27+,28+,29?/m0/s1. The van der Waals surface area contributed by atoms with Crippen LogP contribution in [-0.4, -0.2) is 44.8 Å². The molecule has 2 heterocycles. The van der Waals surface area contributed by atoms with Crippen molar-refractivity contribution in [3.05, 3.63) is 88.7 Å². The van der Waals surface area contributed by atoms with E-state index in [1.807, 2.05) is 32.9 Å². The second kappa shape index (κ2) is 11.1. The van der Waals surface area contributed by atoms with Crippen molar-refractivity contribution in [1.82, 2.24) is 15.2 Å². The molecule has 0 spiro atoms. The van der Waals surface area contributed by atoms with Gasteiger partial charge in [0.25, 0.3) is 5.91 Å². The fourth-order valence-corrected chi connectivity index (χ4v) is 6.10. The Labute approximate surface area is 234 Å². The fourth-order valence-electron chi connectivity index (χ4n) is 6.10. The number of carbonyl (C=O) groups excluding carboxylic acids is 3. The van der Waals surface area contributed by atoms with Gasteiger partial charge >= 0.3 is 0 Å². The summed E-state index contributed by atoms with van der Waals surface area (Å²) in [6, 6.07) is 15.4. The number of piperazine rings is 1. The van der Waals surface area contributed by atoms with Crippen LogP contribution in [0.2, 0.25) is 0 Å². The topological polar surface area (TPSA) is 112 Å². The molecular weight excluding hydrogens is 504 g/mol. The van der Waals surface area contributed by atoms with Crippen molar-refractivity contribution in [2.24, 2.45) is 11.8 Å². The zero-order valence-electron chi connectivity index (χ0n) is 23.3. The molecule has 1 saturated heterocycles. The lowest BCUT2D eigenvalue weighted by atomic mass is 9.85. The molecule has 4 atom stereocenters. The molecule has 1 fully saturated rings. The Hall–Kier alpha value is -4.20. The molecule has 1 aliphatic carbocycles. The number of hydrogen-bond acceptors (Lipinski definition) is 5. The first-order valence-corrected chi connectivity index (χ1v) is 13.9. The van der Waals surface area contributed by atoms with Crippen molar-refractivity contribution in [2.45, 2.75) is 65.1 Å². The summed E-state index contributed by atoms with van der Waals surface area (Å²) < 4.78 is 0. The first-order valence-electron chi connectivity index (χ1n) is 13.9. The number of aromatic hydroxyl groups is 1. The summed E-state index contributed by atoms with van der Waals surface area (Å²) in [7, 11) is 0. The van der Waals surface area contributed by atoms with E-state index < -0.39 is 24.0 Å². The molecule has 0 bridgehead atoms. The van der Waals surface area contributed by atoms with Gasteiger partial charge in [-0.25, -0.2) is 0 Å². The van der Waals surface area contributed by atoms with Crippen LogP contribution in [0.25, 0.3) is 0 Å². The van der Waals surface area contributed by atoms with Gasteiger partial charge in [-0.1, -0.05) is 62.7 Å². The molecule has 2 aromatic carbocycles.